The van der Waals surface area contributed by atoms with E-state index in [1.54, 1.807) is 6.20 Å². The molecule has 15 heteroatoms. The predicted octanol–water partition coefficient (Wildman–Crippen LogP) is 1.76. The zero-order valence-electron chi connectivity index (χ0n) is 16.3. The molecule has 164 valence electrons. The van der Waals surface area contributed by atoms with Crippen LogP contribution >= 0.6 is 34.4 Å². The number of aromatic nitrogens is 7. The number of ether oxygens (including phenoxy) is 2. The van der Waals surface area contributed by atoms with E-state index in [2.05, 4.69) is 45.9 Å². The first-order chi connectivity index (χ1) is 15.3. The van der Waals surface area contributed by atoms with Gasteiger partial charge < -0.3 is 14.8 Å². The molecule has 3 aromatic rings. The normalized spacial score (nSPS) is 13.9. The molecule has 31 heavy (non-hydrogen) atoms. The molecule has 3 aromatic heterocycles. The molecule has 1 aliphatic heterocycles. The van der Waals surface area contributed by atoms with Crippen molar-refractivity contribution in [1.82, 2.24) is 35.6 Å². The fraction of sp³-hybridized carbons (Fsp3) is 0.438. The molecular weight excluding hydrogens is 460 g/mol. The lowest BCUT2D eigenvalue weighted by atomic mass is 10.5. The van der Waals surface area contributed by atoms with Crippen molar-refractivity contribution in [1.29, 1.82) is 0 Å². The molecule has 0 radical (unpaired) electrons. The molecule has 0 saturated heterocycles. The summed E-state index contributed by atoms with van der Waals surface area (Å²) in [7, 11) is 0. The van der Waals surface area contributed by atoms with Gasteiger partial charge in [0.15, 0.2) is 17.6 Å². The van der Waals surface area contributed by atoms with Gasteiger partial charge in [0, 0.05) is 25.5 Å². The average molecular weight is 481 g/mol. The maximum atomic E-state index is 5.96. The minimum Gasteiger partial charge on any atom is -0.460 e. The van der Waals surface area contributed by atoms with Gasteiger partial charge in [0.2, 0.25) is 11.4 Å². The van der Waals surface area contributed by atoms with Crippen LogP contribution < -0.4 is 15.8 Å². The number of hydrogen-bond acceptors (Lipinski definition) is 14. The predicted molar refractivity (Wildman–Crippen MR) is 119 cm³/mol. The Balaban J connectivity index is 1.10. The summed E-state index contributed by atoms with van der Waals surface area (Å²) in [6.45, 7) is 0.334. The fourth-order valence-electron chi connectivity index (χ4n) is 2.37. The third-order valence-corrected chi connectivity index (χ3v) is 6.79. The first kappa shape index (κ1) is 21.6. The quantitative estimate of drug-likeness (QED) is 0.256. The zero-order valence-corrected chi connectivity index (χ0v) is 18.8. The molecule has 0 aromatic carbocycles. The van der Waals surface area contributed by atoms with E-state index in [-0.39, 0.29) is 6.01 Å². The van der Waals surface area contributed by atoms with Crippen LogP contribution in [0.3, 0.4) is 0 Å². The molecule has 0 aliphatic carbocycles. The maximum absolute atomic E-state index is 5.96. The van der Waals surface area contributed by atoms with Crippen LogP contribution in [0.15, 0.2) is 23.6 Å². The number of anilines is 1. The Morgan fingerprint density at radius 2 is 2.00 bits per heavy atom. The van der Waals surface area contributed by atoms with Gasteiger partial charge in [-0.3, -0.25) is 5.73 Å². The first-order valence-corrected chi connectivity index (χ1v) is 12.1. The van der Waals surface area contributed by atoms with Gasteiger partial charge in [-0.25, -0.2) is 10.1 Å². The molecule has 4 heterocycles. The largest absolute Gasteiger partial charge is 0.460 e. The third kappa shape index (κ3) is 6.68. The van der Waals surface area contributed by atoms with Gasteiger partial charge in [-0.05, 0) is 11.5 Å². The molecule has 0 amide bonds. The monoisotopic (exact) mass is 480 g/mol. The topological polar surface area (TPSA) is 162 Å². The number of aliphatic imine (C=N–C) groups is 1. The summed E-state index contributed by atoms with van der Waals surface area (Å²) >= 11 is 4.80. The van der Waals surface area contributed by atoms with Crippen molar-refractivity contribution in [3.8, 4) is 6.01 Å². The van der Waals surface area contributed by atoms with Crippen molar-refractivity contribution in [2.24, 2.45) is 10.7 Å². The van der Waals surface area contributed by atoms with Gasteiger partial charge >= 0.3 is 6.01 Å². The molecule has 0 fully saturated rings. The molecule has 0 saturated carbocycles. The zero-order chi connectivity index (χ0) is 21.3. The highest BCUT2D eigenvalue weighted by Gasteiger charge is 2.15. The van der Waals surface area contributed by atoms with E-state index in [4.69, 9.17) is 15.2 Å². The molecule has 0 spiro atoms. The Bertz CT molecular complexity index is 1000. The van der Waals surface area contributed by atoms with Crippen molar-refractivity contribution in [2.75, 3.05) is 23.6 Å². The van der Waals surface area contributed by atoms with Crippen molar-refractivity contribution in [3.63, 3.8) is 0 Å². The summed E-state index contributed by atoms with van der Waals surface area (Å²) in [4.78, 5) is 7.96. The summed E-state index contributed by atoms with van der Waals surface area (Å²) in [5, 5.41) is 29.3. The minimum atomic E-state index is -0.722. The Hall–Kier alpha value is -2.62. The fourth-order valence-corrected chi connectivity index (χ4v) is 5.00. The van der Waals surface area contributed by atoms with E-state index in [9.17, 15) is 0 Å². The van der Waals surface area contributed by atoms with E-state index < -0.39 is 6.23 Å². The number of nitrogens with one attached hydrogen (secondary N) is 2. The third-order valence-electron chi connectivity index (χ3n) is 3.82. The lowest BCUT2D eigenvalue weighted by Crippen LogP contribution is -2.17. The van der Waals surface area contributed by atoms with Crippen molar-refractivity contribution >= 4 is 45.5 Å². The summed E-state index contributed by atoms with van der Waals surface area (Å²) in [5.41, 5.74) is 5.96. The second-order valence-electron chi connectivity index (χ2n) is 6.05. The summed E-state index contributed by atoms with van der Waals surface area (Å²) in [5.74, 6) is 2.59. The SMILES string of the molecule is NC(Oc1ncn[nH]1)c1nnc(CCSCCc2nnc(NCOC3=NC=CC3)s2)s1. The molecule has 1 aliphatic rings. The molecule has 0 bridgehead atoms. The first-order valence-electron chi connectivity index (χ1n) is 9.34. The van der Waals surface area contributed by atoms with Crippen molar-refractivity contribution < 1.29 is 9.47 Å². The van der Waals surface area contributed by atoms with Gasteiger partial charge in [-0.1, -0.05) is 28.7 Å². The van der Waals surface area contributed by atoms with Crippen LogP contribution in [0.1, 0.15) is 27.7 Å². The van der Waals surface area contributed by atoms with Crippen LogP contribution in [-0.2, 0) is 17.6 Å². The lowest BCUT2D eigenvalue weighted by Gasteiger charge is -2.07. The summed E-state index contributed by atoms with van der Waals surface area (Å²) < 4.78 is 10.9. The van der Waals surface area contributed by atoms with Crippen LogP contribution in [0, 0.1) is 0 Å². The number of hydrogen-bond donors (Lipinski definition) is 3. The second-order valence-corrected chi connectivity index (χ2v) is 9.43. The highest BCUT2D eigenvalue weighted by atomic mass is 32.2. The Morgan fingerprint density at radius 3 is 2.77 bits per heavy atom. The lowest BCUT2D eigenvalue weighted by molar-refractivity contribution is 0.195. The number of nitrogens with two attached hydrogens (primary N) is 1. The Labute approximate surface area is 189 Å². The molecular formula is C16H20N10O2S3. The van der Waals surface area contributed by atoms with Crippen LogP contribution in [-0.4, -0.2) is 59.7 Å². The van der Waals surface area contributed by atoms with E-state index in [0.717, 1.165) is 45.9 Å². The standard InChI is InChI=1S/C16H20N10O2S3/c17-13(28-15-19-8-21-25-15)14-24-22-11(30-14)3-6-29-7-4-12-23-26-16(31-12)20-9-27-10-2-1-5-18-10/h1,5,8,13H,2-4,6-7,9,17H2,(H,20,26)(H,19,21,25). The highest BCUT2D eigenvalue weighted by Crippen LogP contribution is 2.21. The van der Waals surface area contributed by atoms with Crippen LogP contribution in [0.5, 0.6) is 6.01 Å². The molecule has 12 nitrogen and oxygen atoms in total. The maximum Gasteiger partial charge on any atom is 0.313 e. The number of nitrogens with zero attached hydrogens (tertiary/aromatic N) is 7. The van der Waals surface area contributed by atoms with Gasteiger partial charge in [0.05, 0.1) is 0 Å². The van der Waals surface area contributed by atoms with Crippen molar-refractivity contribution in [2.45, 2.75) is 25.5 Å². The number of thioether (sulfide) groups is 1. The van der Waals surface area contributed by atoms with Crippen LogP contribution in [0.2, 0.25) is 0 Å². The van der Waals surface area contributed by atoms with E-state index in [0.29, 0.717) is 17.6 Å². The molecule has 4 N–H and O–H groups in total. The van der Waals surface area contributed by atoms with Crippen LogP contribution in [0.4, 0.5) is 5.13 Å². The van der Waals surface area contributed by atoms with E-state index >= 15 is 0 Å². The van der Waals surface area contributed by atoms with E-state index in [1.165, 1.54) is 29.0 Å². The summed E-state index contributed by atoms with van der Waals surface area (Å²) in [6, 6.07) is 0.253. The smallest absolute Gasteiger partial charge is 0.313 e. The molecule has 1 atom stereocenters. The van der Waals surface area contributed by atoms with Crippen LogP contribution in [0.25, 0.3) is 0 Å². The molecule has 4 rings (SSSR count). The highest BCUT2D eigenvalue weighted by molar-refractivity contribution is 7.99. The van der Waals surface area contributed by atoms with Crippen molar-refractivity contribution in [3.05, 3.63) is 33.6 Å². The van der Waals surface area contributed by atoms with Gasteiger partial charge in [-0.2, -0.15) is 21.8 Å². The van der Waals surface area contributed by atoms with Gasteiger partial charge in [-0.15, -0.1) is 20.4 Å². The average Bonchev–Trinajstić information content (AvgIpc) is 3.56. The Kier molecular flexibility index (Phi) is 7.76. The number of aryl methyl sites for hydroxylation is 2. The minimum absolute atomic E-state index is 0.253. The van der Waals surface area contributed by atoms with Gasteiger partial charge in [0.25, 0.3) is 0 Å². The summed E-state index contributed by atoms with van der Waals surface area (Å²) in [6.07, 6.45) is 6.73. The van der Waals surface area contributed by atoms with E-state index in [1.807, 2.05) is 17.8 Å². The Morgan fingerprint density at radius 1 is 1.16 bits per heavy atom. The second kappa shape index (κ2) is 11.1. The number of H-pyrrole nitrogens is 1. The van der Waals surface area contributed by atoms with Gasteiger partial charge in [0.1, 0.15) is 16.3 Å². The molecule has 1 unspecified atom stereocenters. The number of rotatable bonds is 12. The number of aromatic amines is 1.